The summed E-state index contributed by atoms with van der Waals surface area (Å²) in [7, 11) is 1.86. The second-order valence-corrected chi connectivity index (χ2v) is 10.4. The molecule has 5 rings (SSSR count). The Labute approximate surface area is 201 Å². The second-order valence-electron chi connectivity index (χ2n) is 10.4. The average Bonchev–Trinajstić information content (AvgIpc) is 3.59. The Hall–Kier alpha value is -1.23. The first kappa shape index (κ1) is 23.9. The quantitative estimate of drug-likeness (QED) is 0.550. The summed E-state index contributed by atoms with van der Waals surface area (Å²) in [6.07, 6.45) is 13.4. The Morgan fingerprint density at radius 3 is 2.31 bits per heavy atom. The molecule has 1 saturated carbocycles. The van der Waals surface area contributed by atoms with Crippen LogP contribution in [-0.2, 0) is 4.74 Å². The Kier molecular flexibility index (Phi) is 7.74. The molecular formula is C27H42ClN3O. The summed E-state index contributed by atoms with van der Waals surface area (Å²) in [5.74, 6) is 0. The molecule has 0 atom stereocenters. The number of piperidine rings is 1. The van der Waals surface area contributed by atoms with Gasteiger partial charge in [-0.25, -0.2) is 0 Å². The van der Waals surface area contributed by atoms with Crippen molar-refractivity contribution >= 4 is 29.4 Å². The fourth-order valence-corrected chi connectivity index (χ4v) is 5.95. The lowest BCUT2D eigenvalue weighted by molar-refractivity contribution is 0.0819. The Bertz CT molecular complexity index is 790. The second kappa shape index (κ2) is 10.4. The highest BCUT2D eigenvalue weighted by Gasteiger charge is 2.43. The lowest BCUT2D eigenvalue weighted by Gasteiger charge is -2.38. The van der Waals surface area contributed by atoms with Crippen molar-refractivity contribution in [2.45, 2.75) is 64.4 Å². The van der Waals surface area contributed by atoms with E-state index >= 15 is 0 Å². The van der Waals surface area contributed by atoms with Crippen LogP contribution in [0.3, 0.4) is 0 Å². The minimum absolute atomic E-state index is 0. The molecule has 2 saturated heterocycles. The molecule has 1 spiro atoms. The van der Waals surface area contributed by atoms with Gasteiger partial charge in [-0.15, -0.1) is 12.4 Å². The maximum Gasteiger partial charge on any atom is 0.0605 e. The van der Waals surface area contributed by atoms with Crippen LogP contribution in [0.25, 0.3) is 5.57 Å². The Balaban J connectivity index is 0.00000245. The van der Waals surface area contributed by atoms with Gasteiger partial charge in [-0.3, -0.25) is 4.90 Å². The van der Waals surface area contributed by atoms with Crippen molar-refractivity contribution in [3.05, 3.63) is 29.8 Å². The standard InChI is InChI=1S/C27H41N3O.ClH/c1-3-14-28-17-19-30(20-18-28)26-5-4-23(29-15-8-24(31-2)9-16-29)21-25(26)22-6-10-27(11-7-22)12-13-27;/h4-6,21,24H,3,7-20H2,1-2H3;1H. The van der Waals surface area contributed by atoms with E-state index < -0.39 is 0 Å². The molecular weight excluding hydrogens is 418 g/mol. The summed E-state index contributed by atoms with van der Waals surface area (Å²) in [5.41, 5.74) is 6.70. The van der Waals surface area contributed by atoms with Crippen LogP contribution in [0.2, 0.25) is 0 Å². The van der Waals surface area contributed by atoms with E-state index in [0.29, 0.717) is 11.5 Å². The van der Waals surface area contributed by atoms with E-state index in [1.165, 1.54) is 75.1 Å². The minimum atomic E-state index is 0. The molecule has 32 heavy (non-hydrogen) atoms. The summed E-state index contributed by atoms with van der Waals surface area (Å²) in [4.78, 5) is 7.86. The van der Waals surface area contributed by atoms with Gasteiger partial charge in [-0.05, 0) is 87.1 Å². The number of benzene rings is 1. The zero-order chi connectivity index (χ0) is 21.3. The third-order valence-electron chi connectivity index (χ3n) is 8.38. The van der Waals surface area contributed by atoms with E-state index in [1.807, 2.05) is 7.11 Å². The molecule has 0 amide bonds. The summed E-state index contributed by atoms with van der Waals surface area (Å²) in [6.45, 7) is 10.4. The van der Waals surface area contributed by atoms with Gasteiger partial charge in [0, 0.05) is 63.3 Å². The molecule has 178 valence electrons. The van der Waals surface area contributed by atoms with Gasteiger partial charge >= 0.3 is 0 Å². The van der Waals surface area contributed by atoms with Gasteiger partial charge in [0.1, 0.15) is 0 Å². The van der Waals surface area contributed by atoms with E-state index in [-0.39, 0.29) is 12.4 Å². The first-order valence-electron chi connectivity index (χ1n) is 12.8. The maximum absolute atomic E-state index is 5.60. The SMILES string of the molecule is CCCN1CCN(c2ccc(N3CCC(OC)CC3)cc2C2=CCC3(CC2)CC3)CC1.Cl. The maximum atomic E-state index is 5.60. The normalized spacial score (nSPS) is 23.8. The largest absolute Gasteiger partial charge is 0.381 e. The molecule has 0 bridgehead atoms. The number of hydrogen-bond acceptors (Lipinski definition) is 4. The van der Waals surface area contributed by atoms with E-state index in [1.54, 1.807) is 5.57 Å². The van der Waals surface area contributed by atoms with Crippen LogP contribution in [0.5, 0.6) is 0 Å². The Morgan fingerprint density at radius 2 is 1.72 bits per heavy atom. The van der Waals surface area contributed by atoms with E-state index in [0.717, 1.165) is 39.0 Å². The molecule has 4 nitrogen and oxygen atoms in total. The molecule has 2 aliphatic carbocycles. The van der Waals surface area contributed by atoms with Gasteiger partial charge in [0.25, 0.3) is 0 Å². The van der Waals surface area contributed by atoms with Crippen LogP contribution in [0, 0.1) is 5.41 Å². The monoisotopic (exact) mass is 459 g/mol. The Morgan fingerprint density at radius 1 is 0.969 bits per heavy atom. The number of allylic oxidation sites excluding steroid dienone is 2. The number of rotatable bonds is 6. The minimum Gasteiger partial charge on any atom is -0.381 e. The number of nitrogens with zero attached hydrogens (tertiary/aromatic N) is 3. The van der Waals surface area contributed by atoms with Crippen LogP contribution >= 0.6 is 12.4 Å². The third-order valence-corrected chi connectivity index (χ3v) is 8.38. The van der Waals surface area contributed by atoms with Crippen LogP contribution in [0.15, 0.2) is 24.3 Å². The summed E-state index contributed by atoms with van der Waals surface area (Å²) in [5, 5.41) is 0. The van der Waals surface area contributed by atoms with Gasteiger partial charge in [-0.2, -0.15) is 0 Å². The van der Waals surface area contributed by atoms with Crippen LogP contribution in [0.1, 0.15) is 63.9 Å². The third kappa shape index (κ3) is 5.13. The van der Waals surface area contributed by atoms with E-state index in [2.05, 4.69) is 45.9 Å². The number of methoxy groups -OCH3 is 1. The molecule has 2 heterocycles. The van der Waals surface area contributed by atoms with Crippen molar-refractivity contribution in [2.24, 2.45) is 5.41 Å². The number of hydrogen-bond donors (Lipinski definition) is 0. The fraction of sp³-hybridized carbons (Fsp3) is 0.704. The van der Waals surface area contributed by atoms with Crippen LogP contribution in [0.4, 0.5) is 11.4 Å². The molecule has 0 unspecified atom stereocenters. The van der Waals surface area contributed by atoms with Crippen molar-refractivity contribution in [2.75, 3.05) is 62.7 Å². The number of halogens is 1. The topological polar surface area (TPSA) is 19.0 Å². The molecule has 1 aromatic carbocycles. The zero-order valence-electron chi connectivity index (χ0n) is 20.2. The summed E-state index contributed by atoms with van der Waals surface area (Å²) >= 11 is 0. The van der Waals surface area contributed by atoms with Crippen molar-refractivity contribution in [1.82, 2.24) is 4.90 Å². The summed E-state index contributed by atoms with van der Waals surface area (Å²) < 4.78 is 5.60. The fourth-order valence-electron chi connectivity index (χ4n) is 5.95. The highest BCUT2D eigenvalue weighted by atomic mass is 35.5. The number of ether oxygens (including phenoxy) is 1. The lowest BCUT2D eigenvalue weighted by atomic mass is 9.83. The van der Waals surface area contributed by atoms with Gasteiger partial charge in [0.15, 0.2) is 0 Å². The molecule has 1 aromatic rings. The number of piperazine rings is 1. The van der Waals surface area contributed by atoms with Gasteiger partial charge in [0.05, 0.1) is 6.10 Å². The molecule has 3 fully saturated rings. The zero-order valence-corrected chi connectivity index (χ0v) is 21.0. The predicted octanol–water partition coefficient (Wildman–Crippen LogP) is 5.60. The predicted molar refractivity (Wildman–Crippen MR) is 138 cm³/mol. The van der Waals surface area contributed by atoms with E-state index in [4.69, 9.17) is 4.74 Å². The molecule has 4 aliphatic rings. The smallest absolute Gasteiger partial charge is 0.0605 e. The molecule has 0 N–H and O–H groups in total. The molecule has 5 heteroatoms. The summed E-state index contributed by atoms with van der Waals surface area (Å²) in [6, 6.07) is 7.35. The average molecular weight is 460 g/mol. The van der Waals surface area contributed by atoms with Crippen LogP contribution in [-0.4, -0.2) is 63.9 Å². The molecule has 0 radical (unpaired) electrons. The first-order chi connectivity index (χ1) is 15.2. The highest BCUT2D eigenvalue weighted by Crippen LogP contribution is 2.57. The van der Waals surface area contributed by atoms with Gasteiger partial charge < -0.3 is 14.5 Å². The van der Waals surface area contributed by atoms with E-state index in [9.17, 15) is 0 Å². The van der Waals surface area contributed by atoms with Crippen molar-refractivity contribution < 1.29 is 4.74 Å². The van der Waals surface area contributed by atoms with Crippen molar-refractivity contribution in [1.29, 1.82) is 0 Å². The molecule has 0 aromatic heterocycles. The van der Waals surface area contributed by atoms with Crippen molar-refractivity contribution in [3.8, 4) is 0 Å². The van der Waals surface area contributed by atoms with Crippen LogP contribution < -0.4 is 9.80 Å². The lowest BCUT2D eigenvalue weighted by Crippen LogP contribution is -2.46. The highest BCUT2D eigenvalue weighted by molar-refractivity contribution is 5.85. The van der Waals surface area contributed by atoms with Gasteiger partial charge in [-0.1, -0.05) is 13.0 Å². The number of anilines is 2. The molecule has 2 aliphatic heterocycles. The van der Waals surface area contributed by atoms with Crippen molar-refractivity contribution in [3.63, 3.8) is 0 Å². The first-order valence-corrected chi connectivity index (χ1v) is 12.8. The van der Waals surface area contributed by atoms with Gasteiger partial charge in [0.2, 0.25) is 0 Å².